The summed E-state index contributed by atoms with van der Waals surface area (Å²) >= 11 is 0. The fraction of sp³-hybridized carbons (Fsp3) is 0.538. The van der Waals surface area contributed by atoms with E-state index in [4.69, 9.17) is 9.47 Å². The summed E-state index contributed by atoms with van der Waals surface area (Å²) in [5.41, 5.74) is 0.917. The monoisotopic (exact) mass is 237 g/mol. The second kappa shape index (κ2) is 6.89. The summed E-state index contributed by atoms with van der Waals surface area (Å²) in [6.45, 7) is 6.06. The number of carbonyl (C=O) groups excluding carboxylic acids is 1. The standard InChI is InChI=1S/C13H19NO3/c1-4-6-12(13(15)16-5-2)17-11-8-7-10(3)14-9-11/h7-9,12H,4-6H2,1-3H3. The van der Waals surface area contributed by atoms with E-state index in [0.29, 0.717) is 18.8 Å². The van der Waals surface area contributed by atoms with Crippen LogP contribution in [0.15, 0.2) is 18.3 Å². The minimum atomic E-state index is -0.538. The van der Waals surface area contributed by atoms with Crippen molar-refractivity contribution in [2.24, 2.45) is 0 Å². The Labute approximate surface area is 102 Å². The van der Waals surface area contributed by atoms with Gasteiger partial charge in [0, 0.05) is 5.69 Å². The lowest BCUT2D eigenvalue weighted by atomic mass is 10.2. The molecule has 0 N–H and O–H groups in total. The number of aryl methyl sites for hydroxylation is 1. The number of hydrogen-bond donors (Lipinski definition) is 0. The number of rotatable bonds is 6. The van der Waals surface area contributed by atoms with Crippen LogP contribution in [0.5, 0.6) is 5.75 Å². The zero-order valence-corrected chi connectivity index (χ0v) is 10.6. The molecular formula is C13H19NO3. The lowest BCUT2D eigenvalue weighted by Gasteiger charge is -2.16. The van der Waals surface area contributed by atoms with Crippen molar-refractivity contribution >= 4 is 5.97 Å². The van der Waals surface area contributed by atoms with E-state index in [0.717, 1.165) is 12.1 Å². The summed E-state index contributed by atoms with van der Waals surface area (Å²) in [4.78, 5) is 15.8. The van der Waals surface area contributed by atoms with Crippen LogP contribution in [0.4, 0.5) is 0 Å². The van der Waals surface area contributed by atoms with Gasteiger partial charge in [0.2, 0.25) is 0 Å². The highest BCUT2D eigenvalue weighted by Crippen LogP contribution is 2.14. The summed E-state index contributed by atoms with van der Waals surface area (Å²) in [7, 11) is 0. The van der Waals surface area contributed by atoms with Crippen LogP contribution in [0.25, 0.3) is 0 Å². The highest BCUT2D eigenvalue weighted by atomic mass is 16.6. The molecule has 0 spiro atoms. The molecule has 0 saturated carbocycles. The van der Waals surface area contributed by atoms with Crippen molar-refractivity contribution < 1.29 is 14.3 Å². The third-order valence-electron chi connectivity index (χ3n) is 2.26. The van der Waals surface area contributed by atoms with Crippen LogP contribution in [0.2, 0.25) is 0 Å². The van der Waals surface area contributed by atoms with Gasteiger partial charge in [-0.1, -0.05) is 13.3 Å². The van der Waals surface area contributed by atoms with Gasteiger partial charge in [0.15, 0.2) is 6.10 Å². The highest BCUT2D eigenvalue weighted by molar-refractivity contribution is 5.75. The van der Waals surface area contributed by atoms with E-state index in [-0.39, 0.29) is 5.97 Å². The minimum absolute atomic E-state index is 0.310. The van der Waals surface area contributed by atoms with E-state index in [1.165, 1.54) is 0 Å². The molecule has 0 aliphatic rings. The Kier molecular flexibility index (Phi) is 5.46. The van der Waals surface area contributed by atoms with Crippen LogP contribution in [0.1, 0.15) is 32.4 Å². The van der Waals surface area contributed by atoms with Crippen LogP contribution in [0.3, 0.4) is 0 Å². The van der Waals surface area contributed by atoms with Gasteiger partial charge in [0.05, 0.1) is 12.8 Å². The maximum atomic E-state index is 11.6. The first kappa shape index (κ1) is 13.5. The molecule has 0 bridgehead atoms. The van der Waals surface area contributed by atoms with Crippen LogP contribution in [-0.4, -0.2) is 23.7 Å². The predicted molar refractivity (Wildman–Crippen MR) is 64.9 cm³/mol. The summed E-state index contributed by atoms with van der Waals surface area (Å²) in [5.74, 6) is 0.289. The first-order valence-corrected chi connectivity index (χ1v) is 5.93. The molecule has 0 aliphatic carbocycles. The minimum Gasteiger partial charge on any atom is -0.477 e. The van der Waals surface area contributed by atoms with Crippen molar-refractivity contribution in [2.75, 3.05) is 6.61 Å². The highest BCUT2D eigenvalue weighted by Gasteiger charge is 2.20. The molecule has 1 rings (SSSR count). The molecule has 17 heavy (non-hydrogen) atoms. The van der Waals surface area contributed by atoms with Gasteiger partial charge in [-0.3, -0.25) is 4.98 Å². The quantitative estimate of drug-likeness (QED) is 0.713. The normalized spacial score (nSPS) is 11.9. The number of aromatic nitrogens is 1. The fourth-order valence-corrected chi connectivity index (χ4v) is 1.41. The number of carbonyl (C=O) groups is 1. The molecule has 94 valence electrons. The molecule has 0 fully saturated rings. The molecule has 0 amide bonds. The third-order valence-corrected chi connectivity index (χ3v) is 2.26. The van der Waals surface area contributed by atoms with Crippen molar-refractivity contribution in [3.8, 4) is 5.75 Å². The summed E-state index contributed by atoms with van der Waals surface area (Å²) in [5, 5.41) is 0. The van der Waals surface area contributed by atoms with Crippen LogP contribution >= 0.6 is 0 Å². The predicted octanol–water partition coefficient (Wildman–Crippen LogP) is 2.50. The van der Waals surface area contributed by atoms with Gasteiger partial charge >= 0.3 is 5.97 Å². The number of hydrogen-bond acceptors (Lipinski definition) is 4. The average Bonchev–Trinajstić information content (AvgIpc) is 2.31. The fourth-order valence-electron chi connectivity index (χ4n) is 1.41. The molecule has 1 aromatic heterocycles. The Morgan fingerprint density at radius 2 is 2.18 bits per heavy atom. The van der Waals surface area contributed by atoms with E-state index in [1.807, 2.05) is 26.0 Å². The van der Waals surface area contributed by atoms with Gasteiger partial charge < -0.3 is 9.47 Å². The van der Waals surface area contributed by atoms with Gasteiger partial charge in [-0.25, -0.2) is 4.79 Å². The van der Waals surface area contributed by atoms with Crippen molar-refractivity contribution in [1.29, 1.82) is 0 Å². The molecule has 1 atom stereocenters. The lowest BCUT2D eigenvalue weighted by molar-refractivity contribution is -0.151. The van der Waals surface area contributed by atoms with Crippen molar-refractivity contribution in [2.45, 2.75) is 39.7 Å². The molecule has 0 saturated heterocycles. The lowest BCUT2D eigenvalue weighted by Crippen LogP contribution is -2.29. The molecule has 0 radical (unpaired) electrons. The van der Waals surface area contributed by atoms with Gasteiger partial charge in [0.1, 0.15) is 5.75 Å². The Morgan fingerprint density at radius 1 is 1.41 bits per heavy atom. The van der Waals surface area contributed by atoms with Gasteiger partial charge in [0.25, 0.3) is 0 Å². The van der Waals surface area contributed by atoms with Gasteiger partial charge in [-0.2, -0.15) is 0 Å². The van der Waals surface area contributed by atoms with Crippen LogP contribution in [0, 0.1) is 6.92 Å². The number of esters is 1. The van der Waals surface area contributed by atoms with Crippen molar-refractivity contribution in [1.82, 2.24) is 4.98 Å². The Bertz CT molecular complexity index is 348. The molecule has 1 unspecified atom stereocenters. The molecule has 4 nitrogen and oxygen atoms in total. The van der Waals surface area contributed by atoms with E-state index in [2.05, 4.69) is 4.98 Å². The Balaban J connectivity index is 2.65. The summed E-state index contributed by atoms with van der Waals surface area (Å²) < 4.78 is 10.6. The van der Waals surface area contributed by atoms with E-state index in [9.17, 15) is 4.79 Å². The van der Waals surface area contributed by atoms with Crippen molar-refractivity contribution in [3.05, 3.63) is 24.0 Å². The zero-order valence-electron chi connectivity index (χ0n) is 10.6. The van der Waals surface area contributed by atoms with Gasteiger partial charge in [-0.05, 0) is 32.4 Å². The zero-order chi connectivity index (χ0) is 12.7. The number of nitrogens with zero attached hydrogens (tertiary/aromatic N) is 1. The molecule has 1 heterocycles. The second-order valence-corrected chi connectivity index (χ2v) is 3.78. The summed E-state index contributed by atoms with van der Waals surface area (Å²) in [6, 6.07) is 3.66. The molecular weight excluding hydrogens is 218 g/mol. The number of ether oxygens (including phenoxy) is 2. The van der Waals surface area contributed by atoms with Gasteiger partial charge in [-0.15, -0.1) is 0 Å². The summed E-state index contributed by atoms with van der Waals surface area (Å²) in [6.07, 6.45) is 2.59. The van der Waals surface area contributed by atoms with E-state index < -0.39 is 6.10 Å². The van der Waals surface area contributed by atoms with Crippen LogP contribution in [-0.2, 0) is 9.53 Å². The maximum absolute atomic E-state index is 11.6. The second-order valence-electron chi connectivity index (χ2n) is 3.78. The number of pyridine rings is 1. The van der Waals surface area contributed by atoms with E-state index >= 15 is 0 Å². The molecule has 4 heteroatoms. The van der Waals surface area contributed by atoms with Crippen LogP contribution < -0.4 is 4.74 Å². The smallest absolute Gasteiger partial charge is 0.347 e. The van der Waals surface area contributed by atoms with E-state index in [1.54, 1.807) is 13.1 Å². The third kappa shape index (κ3) is 4.43. The Morgan fingerprint density at radius 3 is 2.71 bits per heavy atom. The molecule has 0 aliphatic heterocycles. The van der Waals surface area contributed by atoms with Crippen molar-refractivity contribution in [3.63, 3.8) is 0 Å². The first-order valence-electron chi connectivity index (χ1n) is 5.93. The maximum Gasteiger partial charge on any atom is 0.347 e. The first-order chi connectivity index (χ1) is 8.17. The average molecular weight is 237 g/mol. The SMILES string of the molecule is CCCC(Oc1ccc(C)nc1)C(=O)OCC. The Hall–Kier alpha value is -1.58. The topological polar surface area (TPSA) is 48.4 Å². The molecule has 0 aromatic carbocycles. The molecule has 1 aromatic rings. The largest absolute Gasteiger partial charge is 0.477 e.